The molecule has 1 aliphatic carbocycles. The van der Waals surface area contributed by atoms with Crippen LogP contribution in [0.2, 0.25) is 0 Å². The Morgan fingerprint density at radius 1 is 1.24 bits per heavy atom. The van der Waals surface area contributed by atoms with Crippen LogP contribution in [0.3, 0.4) is 0 Å². The first kappa shape index (κ1) is 20.7. The number of carbonyl (C=O) groups is 1. The number of nitrogens with one attached hydrogen (secondary N) is 1. The van der Waals surface area contributed by atoms with Crippen molar-refractivity contribution in [2.24, 2.45) is 5.92 Å². The van der Waals surface area contributed by atoms with Crippen molar-refractivity contribution in [2.75, 3.05) is 19.6 Å². The highest BCUT2D eigenvalue weighted by molar-refractivity contribution is 7.90. The first-order valence-electron chi connectivity index (χ1n) is 10.8. The fourth-order valence-corrected chi connectivity index (χ4v) is 6.42. The number of amides is 1. The second-order valence-electron chi connectivity index (χ2n) is 9.27. The van der Waals surface area contributed by atoms with Crippen LogP contribution < -0.4 is 10.1 Å². The molecule has 1 unspecified atom stereocenters. The third kappa shape index (κ3) is 4.45. The zero-order valence-electron chi connectivity index (χ0n) is 17.4. The first-order valence-corrected chi connectivity index (χ1v) is 12.3. The Morgan fingerprint density at radius 3 is 2.59 bits per heavy atom. The summed E-state index contributed by atoms with van der Waals surface area (Å²) in [6, 6.07) is 7.97. The fourth-order valence-electron chi connectivity index (χ4n) is 4.57. The van der Waals surface area contributed by atoms with Gasteiger partial charge in [0.25, 0.3) is 0 Å². The molecule has 3 aliphatic rings. The van der Waals surface area contributed by atoms with Crippen molar-refractivity contribution in [2.45, 2.75) is 69.1 Å². The largest absolute Gasteiger partial charge is 0.487 e. The predicted octanol–water partition coefficient (Wildman–Crippen LogP) is 3.04. The highest BCUT2D eigenvalue weighted by Gasteiger charge is 2.48. The predicted molar refractivity (Wildman–Crippen MR) is 112 cm³/mol. The lowest BCUT2D eigenvalue weighted by Crippen LogP contribution is -2.52. The van der Waals surface area contributed by atoms with E-state index in [1.54, 1.807) is 4.31 Å². The van der Waals surface area contributed by atoms with E-state index >= 15 is 0 Å². The molecule has 2 heterocycles. The first-order chi connectivity index (χ1) is 13.8. The Hall–Kier alpha value is -1.60. The Bertz CT molecular complexity index is 855. The smallest absolute Gasteiger partial charge is 0.220 e. The minimum atomic E-state index is -3.14. The van der Waals surface area contributed by atoms with Crippen LogP contribution in [-0.2, 0) is 14.8 Å². The maximum atomic E-state index is 12.6. The van der Waals surface area contributed by atoms with Gasteiger partial charge in [-0.05, 0) is 36.8 Å². The normalized spacial score (nSPS) is 24.2. The lowest BCUT2D eigenvalue weighted by atomic mass is 9.76. The van der Waals surface area contributed by atoms with Crippen LogP contribution in [0, 0.1) is 5.92 Å². The van der Waals surface area contributed by atoms with Crippen LogP contribution >= 0.6 is 0 Å². The number of piperidine rings is 1. The number of hydrogen-bond donors (Lipinski definition) is 1. The van der Waals surface area contributed by atoms with Gasteiger partial charge >= 0.3 is 0 Å². The van der Waals surface area contributed by atoms with Gasteiger partial charge in [-0.2, -0.15) is 0 Å². The van der Waals surface area contributed by atoms with Crippen LogP contribution in [0.15, 0.2) is 24.3 Å². The summed E-state index contributed by atoms with van der Waals surface area (Å²) in [7, 11) is -3.14. The molecular formula is C22H32N2O4S. The van der Waals surface area contributed by atoms with Gasteiger partial charge in [0.05, 0.1) is 5.25 Å². The molecule has 160 valence electrons. The summed E-state index contributed by atoms with van der Waals surface area (Å²) in [5, 5.41) is 2.87. The molecule has 7 heteroatoms. The van der Waals surface area contributed by atoms with E-state index in [9.17, 15) is 13.2 Å². The molecule has 6 nitrogen and oxygen atoms in total. The highest BCUT2D eigenvalue weighted by Crippen LogP contribution is 2.47. The summed E-state index contributed by atoms with van der Waals surface area (Å²) < 4.78 is 33.3. The Balaban J connectivity index is 1.48. The number of fused-ring (bicyclic) bond motifs is 1. The molecule has 2 aliphatic heterocycles. The second kappa shape index (κ2) is 7.91. The van der Waals surface area contributed by atoms with Crippen LogP contribution in [-0.4, -0.2) is 49.1 Å². The van der Waals surface area contributed by atoms with Crippen molar-refractivity contribution >= 4 is 15.9 Å². The van der Waals surface area contributed by atoms with E-state index in [2.05, 4.69) is 25.2 Å². The van der Waals surface area contributed by atoms with Crippen molar-refractivity contribution in [1.82, 2.24) is 9.62 Å². The molecule has 1 aromatic rings. The van der Waals surface area contributed by atoms with E-state index in [4.69, 9.17) is 4.74 Å². The van der Waals surface area contributed by atoms with Crippen molar-refractivity contribution in [1.29, 1.82) is 0 Å². The molecule has 1 amide bonds. The molecule has 2 fully saturated rings. The standard InChI is InChI=1S/C22H32N2O4S/c1-16(2)15-23-21(25)13-17-14-22(28-20-6-4-3-5-19(17)20)9-11-24(12-10-22)29(26,27)18-7-8-18/h3-6,16-18H,7-15H2,1-2H3,(H,23,25). The monoisotopic (exact) mass is 420 g/mol. The van der Waals surface area contributed by atoms with Crippen molar-refractivity contribution in [3.63, 3.8) is 0 Å². The summed E-state index contributed by atoms with van der Waals surface area (Å²) in [6.07, 6.45) is 4.15. The van der Waals surface area contributed by atoms with Crippen molar-refractivity contribution in [3.05, 3.63) is 29.8 Å². The van der Waals surface area contributed by atoms with Crippen LogP contribution in [0.1, 0.15) is 63.9 Å². The number of rotatable bonds is 6. The second-order valence-corrected chi connectivity index (χ2v) is 11.5. The fraction of sp³-hybridized carbons (Fsp3) is 0.682. The van der Waals surface area contributed by atoms with E-state index in [0.717, 1.165) is 30.6 Å². The zero-order valence-corrected chi connectivity index (χ0v) is 18.2. The lowest BCUT2D eigenvalue weighted by molar-refractivity contribution is -0.122. The van der Waals surface area contributed by atoms with E-state index in [1.165, 1.54) is 0 Å². The summed E-state index contributed by atoms with van der Waals surface area (Å²) in [5.41, 5.74) is 0.707. The van der Waals surface area contributed by atoms with E-state index in [0.29, 0.717) is 44.8 Å². The van der Waals surface area contributed by atoms with Crippen molar-refractivity contribution in [3.8, 4) is 5.75 Å². The van der Waals surface area contributed by atoms with Crippen molar-refractivity contribution < 1.29 is 17.9 Å². The molecule has 4 rings (SSSR count). The van der Waals surface area contributed by atoms with E-state index < -0.39 is 10.0 Å². The van der Waals surface area contributed by atoms with Gasteiger partial charge in [-0.15, -0.1) is 0 Å². The molecule has 0 radical (unpaired) electrons. The van der Waals surface area contributed by atoms with Gasteiger partial charge in [0.1, 0.15) is 11.4 Å². The topological polar surface area (TPSA) is 75.7 Å². The van der Waals surface area contributed by atoms with Gasteiger partial charge in [-0.1, -0.05) is 32.0 Å². The molecule has 1 saturated heterocycles. The number of nitrogens with zero attached hydrogens (tertiary/aromatic N) is 1. The summed E-state index contributed by atoms with van der Waals surface area (Å²) in [6.45, 7) is 5.87. The Kier molecular flexibility index (Phi) is 5.64. The molecule has 1 aromatic carbocycles. The van der Waals surface area contributed by atoms with Gasteiger partial charge in [-0.3, -0.25) is 4.79 Å². The molecule has 1 atom stereocenters. The third-order valence-corrected chi connectivity index (χ3v) is 8.78. The molecule has 0 bridgehead atoms. The van der Waals surface area contributed by atoms with Gasteiger partial charge in [-0.25, -0.2) is 12.7 Å². The average molecular weight is 421 g/mol. The minimum Gasteiger partial charge on any atom is -0.487 e. The van der Waals surface area contributed by atoms with E-state index in [1.807, 2.05) is 18.2 Å². The Labute approximate surface area is 174 Å². The van der Waals surface area contributed by atoms with E-state index in [-0.39, 0.29) is 22.7 Å². The molecule has 29 heavy (non-hydrogen) atoms. The van der Waals surface area contributed by atoms with Crippen LogP contribution in [0.4, 0.5) is 0 Å². The molecule has 1 spiro atoms. The summed E-state index contributed by atoms with van der Waals surface area (Å²) >= 11 is 0. The average Bonchev–Trinajstić information content (AvgIpc) is 3.53. The number of sulfonamides is 1. The number of carbonyl (C=O) groups excluding carboxylic acids is 1. The van der Waals surface area contributed by atoms with Crippen LogP contribution in [0.5, 0.6) is 5.75 Å². The molecule has 1 saturated carbocycles. The number of hydrogen-bond acceptors (Lipinski definition) is 4. The molecule has 1 N–H and O–H groups in total. The van der Waals surface area contributed by atoms with Gasteiger partial charge in [0.2, 0.25) is 15.9 Å². The van der Waals surface area contributed by atoms with Gasteiger partial charge in [0, 0.05) is 44.8 Å². The minimum absolute atomic E-state index is 0.0734. The lowest BCUT2D eigenvalue weighted by Gasteiger charge is -2.46. The number of benzene rings is 1. The molecule has 0 aromatic heterocycles. The SMILES string of the molecule is CC(C)CNC(=O)CC1CC2(CCN(S(=O)(=O)C3CC3)CC2)Oc2ccccc21. The van der Waals surface area contributed by atoms with Crippen LogP contribution in [0.25, 0.3) is 0 Å². The Morgan fingerprint density at radius 2 is 1.93 bits per heavy atom. The zero-order chi connectivity index (χ0) is 20.6. The molecular weight excluding hydrogens is 388 g/mol. The maximum absolute atomic E-state index is 12.6. The quantitative estimate of drug-likeness (QED) is 0.768. The number of para-hydroxylation sites is 1. The summed E-state index contributed by atoms with van der Waals surface area (Å²) in [4.78, 5) is 12.5. The maximum Gasteiger partial charge on any atom is 0.220 e. The third-order valence-electron chi connectivity index (χ3n) is 6.38. The summed E-state index contributed by atoms with van der Waals surface area (Å²) in [5.74, 6) is 1.44. The highest BCUT2D eigenvalue weighted by atomic mass is 32.2. The van der Waals surface area contributed by atoms with Gasteiger partial charge < -0.3 is 10.1 Å². The number of ether oxygens (including phenoxy) is 1. The van der Waals surface area contributed by atoms with Gasteiger partial charge in [0.15, 0.2) is 0 Å².